The van der Waals surface area contributed by atoms with Crippen LogP contribution in [0.2, 0.25) is 0 Å². The smallest absolute Gasteiger partial charge is 0.245 e. The van der Waals surface area contributed by atoms with Crippen LogP contribution >= 0.6 is 0 Å². The quantitative estimate of drug-likeness (QED) is 0.763. The van der Waals surface area contributed by atoms with Gasteiger partial charge in [-0.05, 0) is 30.9 Å². The van der Waals surface area contributed by atoms with Crippen molar-refractivity contribution in [3.63, 3.8) is 0 Å². The van der Waals surface area contributed by atoms with E-state index in [0.29, 0.717) is 12.3 Å². The first-order valence-corrected chi connectivity index (χ1v) is 7.28. The van der Waals surface area contributed by atoms with Crippen molar-refractivity contribution in [1.82, 2.24) is 0 Å². The monoisotopic (exact) mass is 288 g/mol. The summed E-state index contributed by atoms with van der Waals surface area (Å²) in [4.78, 5) is 24.8. The van der Waals surface area contributed by atoms with Crippen LogP contribution in [0.15, 0.2) is 18.2 Å². The molecule has 3 rings (SSSR count). The molecule has 2 heterocycles. The summed E-state index contributed by atoms with van der Waals surface area (Å²) in [5, 5.41) is 2.81. The summed E-state index contributed by atoms with van der Waals surface area (Å²) in [6, 6.07) is 5.35. The number of carbonyl (C=O) groups is 2. The van der Waals surface area contributed by atoms with E-state index in [1.54, 1.807) is 0 Å². The Labute approximate surface area is 123 Å². The van der Waals surface area contributed by atoms with Crippen molar-refractivity contribution >= 4 is 23.2 Å². The van der Waals surface area contributed by atoms with E-state index >= 15 is 0 Å². The van der Waals surface area contributed by atoms with Crippen LogP contribution in [0.5, 0.6) is 0 Å². The van der Waals surface area contributed by atoms with Gasteiger partial charge in [0.25, 0.3) is 0 Å². The summed E-state index contributed by atoms with van der Waals surface area (Å²) in [6.45, 7) is 1.80. The number of piperidine rings is 1. The van der Waals surface area contributed by atoms with Gasteiger partial charge in [0.15, 0.2) is 0 Å². The van der Waals surface area contributed by atoms with E-state index in [1.165, 1.54) is 0 Å². The lowest BCUT2D eigenvalue weighted by molar-refractivity contribution is -0.119. The van der Waals surface area contributed by atoms with Gasteiger partial charge in [0, 0.05) is 36.4 Å². The van der Waals surface area contributed by atoms with Crippen molar-refractivity contribution in [1.29, 1.82) is 0 Å². The topological polar surface area (TPSA) is 101 Å². The number of nitrogens with zero attached hydrogens (tertiary/aromatic N) is 1. The number of fused-ring (bicyclic) bond motifs is 1. The first-order valence-electron chi connectivity index (χ1n) is 7.28. The van der Waals surface area contributed by atoms with Gasteiger partial charge >= 0.3 is 0 Å². The molecule has 6 nitrogen and oxygen atoms in total. The molecule has 0 radical (unpaired) electrons. The molecule has 1 unspecified atom stereocenters. The standard InChI is InChI=1S/C15H20N4O2/c16-13(20)7-9-3-5-19(6-4-9)10-1-2-11-12(8-10)18-15(21)14(11)17/h1-2,8-9,14H,3-7,17H2,(H2,16,20)(H,18,21). The second kappa shape index (κ2) is 5.37. The highest BCUT2D eigenvalue weighted by atomic mass is 16.2. The maximum Gasteiger partial charge on any atom is 0.245 e. The van der Waals surface area contributed by atoms with Crippen molar-refractivity contribution < 1.29 is 9.59 Å². The Morgan fingerprint density at radius 2 is 2.05 bits per heavy atom. The Bertz CT molecular complexity index is 579. The maximum absolute atomic E-state index is 11.6. The Hall–Kier alpha value is -2.08. The Morgan fingerprint density at radius 3 is 2.71 bits per heavy atom. The summed E-state index contributed by atoms with van der Waals surface area (Å²) in [6.07, 6.45) is 2.40. The predicted molar refractivity (Wildman–Crippen MR) is 80.7 cm³/mol. The van der Waals surface area contributed by atoms with Gasteiger partial charge in [0.2, 0.25) is 11.8 Å². The highest BCUT2D eigenvalue weighted by Gasteiger charge is 2.28. The van der Waals surface area contributed by atoms with Gasteiger partial charge in [0.05, 0.1) is 0 Å². The van der Waals surface area contributed by atoms with Crippen LogP contribution in [0.3, 0.4) is 0 Å². The fourth-order valence-electron chi connectivity index (χ4n) is 3.15. The van der Waals surface area contributed by atoms with Crippen LogP contribution in [-0.2, 0) is 9.59 Å². The molecule has 1 atom stereocenters. The van der Waals surface area contributed by atoms with Crippen molar-refractivity contribution in [2.24, 2.45) is 17.4 Å². The molecule has 2 aliphatic heterocycles. The molecule has 1 aromatic rings. The van der Waals surface area contributed by atoms with Gasteiger partial charge in [-0.15, -0.1) is 0 Å². The number of carbonyl (C=O) groups excluding carboxylic acids is 2. The van der Waals surface area contributed by atoms with Crippen LogP contribution in [0.1, 0.15) is 30.9 Å². The molecule has 1 saturated heterocycles. The Balaban J connectivity index is 1.68. The van der Waals surface area contributed by atoms with Crippen LogP contribution in [0.25, 0.3) is 0 Å². The van der Waals surface area contributed by atoms with Crippen LogP contribution in [-0.4, -0.2) is 24.9 Å². The third-order valence-corrected chi connectivity index (χ3v) is 4.38. The number of nitrogens with two attached hydrogens (primary N) is 2. The highest BCUT2D eigenvalue weighted by molar-refractivity contribution is 6.02. The number of nitrogens with one attached hydrogen (secondary N) is 1. The van der Waals surface area contributed by atoms with Gasteiger partial charge in [-0.1, -0.05) is 6.07 Å². The van der Waals surface area contributed by atoms with Gasteiger partial charge in [-0.2, -0.15) is 0 Å². The number of hydrogen-bond acceptors (Lipinski definition) is 4. The predicted octanol–water partition coefficient (Wildman–Crippen LogP) is 0.730. The third-order valence-electron chi connectivity index (χ3n) is 4.38. The first-order chi connectivity index (χ1) is 10.0. The van der Waals surface area contributed by atoms with Crippen molar-refractivity contribution in [2.45, 2.75) is 25.3 Å². The molecule has 0 spiro atoms. The van der Waals surface area contributed by atoms with E-state index in [1.807, 2.05) is 18.2 Å². The van der Waals surface area contributed by atoms with E-state index in [9.17, 15) is 9.59 Å². The minimum atomic E-state index is -0.560. The van der Waals surface area contributed by atoms with E-state index in [4.69, 9.17) is 11.5 Å². The lowest BCUT2D eigenvalue weighted by Crippen LogP contribution is -2.35. The molecule has 2 aliphatic rings. The highest BCUT2D eigenvalue weighted by Crippen LogP contribution is 2.34. The lowest BCUT2D eigenvalue weighted by atomic mass is 9.93. The normalized spacial score (nSPS) is 22.0. The minimum Gasteiger partial charge on any atom is -0.371 e. The van der Waals surface area contributed by atoms with Gasteiger partial charge in [0.1, 0.15) is 6.04 Å². The molecular weight excluding hydrogens is 268 g/mol. The second-order valence-electron chi connectivity index (χ2n) is 5.84. The zero-order chi connectivity index (χ0) is 15.0. The summed E-state index contributed by atoms with van der Waals surface area (Å²) < 4.78 is 0. The number of rotatable bonds is 3. The molecule has 0 aliphatic carbocycles. The van der Waals surface area contributed by atoms with Crippen LogP contribution in [0, 0.1) is 5.92 Å². The van der Waals surface area contributed by atoms with Gasteiger partial charge < -0.3 is 21.7 Å². The zero-order valence-electron chi connectivity index (χ0n) is 11.8. The van der Waals surface area contributed by atoms with E-state index in [0.717, 1.165) is 42.9 Å². The van der Waals surface area contributed by atoms with Crippen molar-refractivity contribution in [3.8, 4) is 0 Å². The number of primary amides is 1. The van der Waals surface area contributed by atoms with Crippen LogP contribution in [0.4, 0.5) is 11.4 Å². The van der Waals surface area contributed by atoms with Crippen molar-refractivity contribution in [3.05, 3.63) is 23.8 Å². The zero-order valence-corrected chi connectivity index (χ0v) is 11.8. The molecule has 1 aromatic carbocycles. The fraction of sp³-hybridized carbons (Fsp3) is 0.467. The Morgan fingerprint density at radius 1 is 1.33 bits per heavy atom. The second-order valence-corrected chi connectivity index (χ2v) is 5.84. The molecule has 0 aromatic heterocycles. The summed E-state index contributed by atoms with van der Waals surface area (Å²) in [7, 11) is 0. The Kier molecular flexibility index (Phi) is 3.55. The average molecular weight is 288 g/mol. The van der Waals surface area contributed by atoms with E-state index in [2.05, 4.69) is 10.2 Å². The van der Waals surface area contributed by atoms with E-state index < -0.39 is 6.04 Å². The average Bonchev–Trinajstić information content (AvgIpc) is 2.74. The molecule has 0 bridgehead atoms. The largest absolute Gasteiger partial charge is 0.371 e. The third kappa shape index (κ3) is 2.71. The maximum atomic E-state index is 11.6. The molecule has 0 saturated carbocycles. The molecular formula is C15H20N4O2. The molecule has 112 valence electrons. The van der Waals surface area contributed by atoms with Gasteiger partial charge in [-0.25, -0.2) is 0 Å². The molecule has 21 heavy (non-hydrogen) atoms. The summed E-state index contributed by atoms with van der Waals surface area (Å²) in [5.74, 6) is 0.0197. The summed E-state index contributed by atoms with van der Waals surface area (Å²) >= 11 is 0. The minimum absolute atomic E-state index is 0.151. The van der Waals surface area contributed by atoms with Crippen LogP contribution < -0.4 is 21.7 Å². The number of amides is 2. The first kappa shape index (κ1) is 13.9. The number of hydrogen-bond donors (Lipinski definition) is 3. The van der Waals surface area contributed by atoms with Gasteiger partial charge in [-0.3, -0.25) is 9.59 Å². The SMILES string of the molecule is NC(=O)CC1CCN(c2ccc3c(c2)NC(=O)C3N)CC1. The molecule has 6 heteroatoms. The van der Waals surface area contributed by atoms with Crippen molar-refractivity contribution in [2.75, 3.05) is 23.3 Å². The molecule has 2 amide bonds. The lowest BCUT2D eigenvalue weighted by Gasteiger charge is -2.33. The molecule has 1 fully saturated rings. The fourth-order valence-corrected chi connectivity index (χ4v) is 3.15. The number of benzene rings is 1. The molecule has 5 N–H and O–H groups in total. The van der Waals surface area contributed by atoms with E-state index in [-0.39, 0.29) is 11.8 Å². The number of anilines is 2. The summed E-state index contributed by atoms with van der Waals surface area (Å²) in [5.41, 5.74) is 13.8.